The molecule has 0 aliphatic carbocycles. The molecule has 0 fully saturated rings. The van der Waals surface area contributed by atoms with Crippen LogP contribution in [0.1, 0.15) is 42.6 Å². The summed E-state index contributed by atoms with van der Waals surface area (Å²) in [6, 6.07) is 10.7. The maximum absolute atomic E-state index is 12.3. The summed E-state index contributed by atoms with van der Waals surface area (Å²) in [6.45, 7) is 5.89. The van der Waals surface area contributed by atoms with Crippen LogP contribution in [0.2, 0.25) is 5.02 Å². The normalized spacial score (nSPS) is 12.9. The number of amides is 2. The molecule has 2 N–H and O–H groups in total. The molecule has 3 rings (SSSR count). The molecule has 0 spiro atoms. The van der Waals surface area contributed by atoms with Gasteiger partial charge in [0.1, 0.15) is 0 Å². The summed E-state index contributed by atoms with van der Waals surface area (Å²) in [7, 11) is 0. The number of ether oxygens (including phenoxy) is 2. The fraction of sp³-hybridized carbons (Fsp3) is 0.391. The quantitative estimate of drug-likeness (QED) is 0.680. The summed E-state index contributed by atoms with van der Waals surface area (Å²) in [5, 5.41) is 5.97. The van der Waals surface area contributed by atoms with E-state index in [1.807, 2.05) is 32.0 Å². The molecular formula is C23H27ClN2O4. The lowest BCUT2D eigenvalue weighted by atomic mass is 10.1. The third-order valence-electron chi connectivity index (χ3n) is 4.62. The Kier molecular flexibility index (Phi) is 7.57. The number of hydrogen-bond donors (Lipinski definition) is 2. The van der Waals surface area contributed by atoms with Crippen molar-refractivity contribution < 1.29 is 19.1 Å². The minimum absolute atomic E-state index is 0.129. The van der Waals surface area contributed by atoms with Crippen molar-refractivity contribution in [3.63, 3.8) is 0 Å². The minimum Gasteiger partial charge on any atom is -0.490 e. The number of benzene rings is 2. The SMILES string of the molecule is CC(C)CNC(=O)c1ccc(NC(=O)CCc2ccc3c(c2)OCCCO3)cc1Cl. The van der Waals surface area contributed by atoms with Gasteiger partial charge in [-0.15, -0.1) is 0 Å². The summed E-state index contributed by atoms with van der Waals surface area (Å²) >= 11 is 6.24. The number of halogens is 1. The zero-order valence-corrected chi connectivity index (χ0v) is 18.1. The Morgan fingerprint density at radius 2 is 1.83 bits per heavy atom. The predicted molar refractivity (Wildman–Crippen MR) is 118 cm³/mol. The van der Waals surface area contributed by atoms with E-state index in [9.17, 15) is 9.59 Å². The molecule has 30 heavy (non-hydrogen) atoms. The van der Waals surface area contributed by atoms with E-state index in [-0.39, 0.29) is 11.8 Å². The monoisotopic (exact) mass is 430 g/mol. The maximum atomic E-state index is 12.3. The molecule has 1 aliphatic rings. The zero-order valence-electron chi connectivity index (χ0n) is 17.3. The highest BCUT2D eigenvalue weighted by molar-refractivity contribution is 6.34. The van der Waals surface area contributed by atoms with Gasteiger partial charge in [-0.25, -0.2) is 0 Å². The van der Waals surface area contributed by atoms with Gasteiger partial charge in [-0.2, -0.15) is 0 Å². The molecule has 7 heteroatoms. The number of anilines is 1. The zero-order chi connectivity index (χ0) is 21.5. The van der Waals surface area contributed by atoms with Crippen molar-refractivity contribution in [2.45, 2.75) is 33.1 Å². The van der Waals surface area contributed by atoms with Gasteiger partial charge in [-0.05, 0) is 48.2 Å². The Labute approximate surface area is 181 Å². The van der Waals surface area contributed by atoms with E-state index in [1.165, 1.54) is 0 Å². The van der Waals surface area contributed by atoms with Gasteiger partial charge in [0.15, 0.2) is 11.5 Å². The molecular weight excluding hydrogens is 404 g/mol. The van der Waals surface area contributed by atoms with Crippen LogP contribution in [0.4, 0.5) is 5.69 Å². The van der Waals surface area contributed by atoms with Gasteiger partial charge in [-0.3, -0.25) is 9.59 Å². The van der Waals surface area contributed by atoms with Gasteiger partial charge in [0.25, 0.3) is 5.91 Å². The van der Waals surface area contributed by atoms with E-state index >= 15 is 0 Å². The number of hydrogen-bond acceptors (Lipinski definition) is 4. The summed E-state index contributed by atoms with van der Waals surface area (Å²) in [5.41, 5.74) is 1.95. The Morgan fingerprint density at radius 3 is 2.57 bits per heavy atom. The molecule has 0 saturated heterocycles. The lowest BCUT2D eigenvalue weighted by Gasteiger charge is -2.11. The highest BCUT2D eigenvalue weighted by Crippen LogP contribution is 2.30. The van der Waals surface area contributed by atoms with E-state index in [0.717, 1.165) is 23.5 Å². The summed E-state index contributed by atoms with van der Waals surface area (Å²) in [5.74, 6) is 1.47. The van der Waals surface area contributed by atoms with Crippen LogP contribution in [0, 0.1) is 5.92 Å². The first-order valence-electron chi connectivity index (χ1n) is 10.2. The van der Waals surface area contributed by atoms with Crippen molar-refractivity contribution in [1.29, 1.82) is 0 Å². The molecule has 0 aromatic heterocycles. The van der Waals surface area contributed by atoms with Gasteiger partial charge in [0, 0.05) is 25.1 Å². The molecule has 0 unspecified atom stereocenters. The smallest absolute Gasteiger partial charge is 0.252 e. The number of aryl methyl sites for hydroxylation is 1. The third-order valence-corrected chi connectivity index (χ3v) is 4.93. The number of carbonyl (C=O) groups excluding carboxylic acids is 2. The molecule has 160 valence electrons. The summed E-state index contributed by atoms with van der Waals surface area (Å²) < 4.78 is 11.3. The molecule has 1 heterocycles. The lowest BCUT2D eigenvalue weighted by Crippen LogP contribution is -2.27. The van der Waals surface area contributed by atoms with Gasteiger partial charge in [-0.1, -0.05) is 31.5 Å². The molecule has 0 atom stereocenters. The average molecular weight is 431 g/mol. The number of carbonyl (C=O) groups is 2. The Balaban J connectivity index is 1.54. The highest BCUT2D eigenvalue weighted by atomic mass is 35.5. The number of rotatable bonds is 7. The molecule has 0 bridgehead atoms. The van der Waals surface area contributed by atoms with Crippen LogP contribution in [0.15, 0.2) is 36.4 Å². The molecule has 2 aromatic carbocycles. The van der Waals surface area contributed by atoms with Gasteiger partial charge in [0.05, 0.1) is 23.8 Å². The van der Waals surface area contributed by atoms with Crippen LogP contribution in [0.3, 0.4) is 0 Å². The summed E-state index contributed by atoms with van der Waals surface area (Å²) in [4.78, 5) is 24.5. The second kappa shape index (κ2) is 10.3. The molecule has 0 radical (unpaired) electrons. The predicted octanol–water partition coefficient (Wildman–Crippen LogP) is 4.46. The van der Waals surface area contributed by atoms with Crippen molar-refractivity contribution >= 4 is 29.1 Å². The average Bonchev–Trinajstić information content (AvgIpc) is 2.95. The molecule has 2 amide bonds. The second-order valence-corrected chi connectivity index (χ2v) is 8.09. The maximum Gasteiger partial charge on any atom is 0.252 e. The van der Waals surface area contributed by atoms with E-state index < -0.39 is 0 Å². The fourth-order valence-electron chi connectivity index (χ4n) is 3.01. The van der Waals surface area contributed by atoms with Crippen LogP contribution in [-0.2, 0) is 11.2 Å². The van der Waals surface area contributed by atoms with Gasteiger partial charge >= 0.3 is 0 Å². The Bertz CT molecular complexity index is 914. The first-order chi connectivity index (χ1) is 14.4. The van der Waals surface area contributed by atoms with E-state index in [4.69, 9.17) is 21.1 Å². The van der Waals surface area contributed by atoms with Gasteiger partial charge < -0.3 is 20.1 Å². The summed E-state index contributed by atoms with van der Waals surface area (Å²) in [6.07, 6.45) is 1.74. The first-order valence-corrected chi connectivity index (χ1v) is 10.6. The van der Waals surface area contributed by atoms with Crippen molar-refractivity contribution in [1.82, 2.24) is 5.32 Å². The topological polar surface area (TPSA) is 76.7 Å². The molecule has 6 nitrogen and oxygen atoms in total. The van der Waals surface area contributed by atoms with Crippen molar-refractivity contribution in [3.8, 4) is 11.5 Å². The van der Waals surface area contributed by atoms with Crippen LogP contribution in [-0.4, -0.2) is 31.6 Å². The van der Waals surface area contributed by atoms with E-state index in [2.05, 4.69) is 10.6 Å². The lowest BCUT2D eigenvalue weighted by molar-refractivity contribution is -0.116. The van der Waals surface area contributed by atoms with Crippen molar-refractivity contribution in [2.75, 3.05) is 25.1 Å². The van der Waals surface area contributed by atoms with Crippen LogP contribution >= 0.6 is 11.6 Å². The van der Waals surface area contributed by atoms with Gasteiger partial charge in [0.2, 0.25) is 5.91 Å². The van der Waals surface area contributed by atoms with E-state index in [1.54, 1.807) is 18.2 Å². The van der Waals surface area contributed by atoms with Crippen LogP contribution in [0.5, 0.6) is 11.5 Å². The first kappa shape index (κ1) is 22.0. The fourth-order valence-corrected chi connectivity index (χ4v) is 3.28. The number of nitrogens with one attached hydrogen (secondary N) is 2. The Hall–Kier alpha value is -2.73. The molecule has 2 aromatic rings. The highest BCUT2D eigenvalue weighted by Gasteiger charge is 2.14. The van der Waals surface area contributed by atoms with Crippen molar-refractivity contribution in [2.24, 2.45) is 5.92 Å². The minimum atomic E-state index is -0.221. The van der Waals surface area contributed by atoms with Crippen molar-refractivity contribution in [3.05, 3.63) is 52.5 Å². The van der Waals surface area contributed by atoms with Crippen LogP contribution in [0.25, 0.3) is 0 Å². The molecule has 0 saturated carbocycles. The van der Waals surface area contributed by atoms with Crippen LogP contribution < -0.4 is 20.1 Å². The second-order valence-electron chi connectivity index (χ2n) is 7.68. The third kappa shape index (κ3) is 6.13. The molecule has 1 aliphatic heterocycles. The standard InChI is InChI=1S/C23H27ClN2O4/c1-15(2)14-25-23(28)18-7-6-17(13-19(18)24)26-22(27)9-5-16-4-8-20-21(12-16)30-11-3-10-29-20/h4,6-8,12-13,15H,3,5,9-11,14H2,1-2H3,(H,25,28)(H,26,27). The number of fused-ring (bicyclic) bond motifs is 1. The largest absolute Gasteiger partial charge is 0.490 e. The Morgan fingerprint density at radius 1 is 1.07 bits per heavy atom. The van der Waals surface area contributed by atoms with E-state index in [0.29, 0.717) is 54.8 Å².